The van der Waals surface area contributed by atoms with Gasteiger partial charge >= 0.3 is 0 Å². The lowest BCUT2D eigenvalue weighted by molar-refractivity contribution is 0.143. The molecule has 0 radical (unpaired) electrons. The van der Waals surface area contributed by atoms with E-state index in [2.05, 4.69) is 16.6 Å². The summed E-state index contributed by atoms with van der Waals surface area (Å²) >= 11 is 12.4. The fraction of sp³-hybridized carbons (Fsp3) is 0.300. The summed E-state index contributed by atoms with van der Waals surface area (Å²) in [4.78, 5) is 8.31. The van der Waals surface area contributed by atoms with Gasteiger partial charge in [-0.3, -0.25) is 9.98 Å². The SMILES string of the molecule is C=C/C(=C\C(C(/C=C/C)=NC)=C(C)C)OC(C)c1c(Cl)cncc1Cl. The van der Waals surface area contributed by atoms with E-state index in [0.717, 1.165) is 16.9 Å². The van der Waals surface area contributed by atoms with Gasteiger partial charge in [-0.05, 0) is 45.9 Å². The molecule has 0 spiro atoms. The minimum absolute atomic E-state index is 0.352. The first kappa shape index (κ1) is 21.2. The lowest BCUT2D eigenvalue weighted by atomic mass is 10.0. The zero-order valence-corrected chi connectivity index (χ0v) is 16.8. The van der Waals surface area contributed by atoms with Crippen molar-refractivity contribution in [3.63, 3.8) is 0 Å². The first-order valence-electron chi connectivity index (χ1n) is 7.92. The minimum Gasteiger partial charge on any atom is -0.486 e. The predicted octanol–water partition coefficient (Wildman–Crippen LogP) is 6.52. The molecule has 0 aliphatic heterocycles. The van der Waals surface area contributed by atoms with E-state index in [0.29, 0.717) is 21.4 Å². The quantitative estimate of drug-likeness (QED) is 0.307. The molecule has 0 aliphatic carbocycles. The average molecular weight is 379 g/mol. The lowest BCUT2D eigenvalue weighted by Gasteiger charge is -2.18. The number of halogens is 2. The van der Waals surface area contributed by atoms with Gasteiger partial charge in [0.25, 0.3) is 0 Å². The summed E-state index contributed by atoms with van der Waals surface area (Å²) in [6, 6.07) is 0. The molecule has 1 unspecified atom stereocenters. The van der Waals surface area contributed by atoms with Crippen LogP contribution in [-0.2, 0) is 4.74 Å². The number of hydrogen-bond acceptors (Lipinski definition) is 3. The van der Waals surface area contributed by atoms with Gasteiger partial charge in [-0.1, -0.05) is 41.4 Å². The van der Waals surface area contributed by atoms with Gasteiger partial charge in [0.05, 0.1) is 15.8 Å². The highest BCUT2D eigenvalue weighted by Gasteiger charge is 2.16. The highest BCUT2D eigenvalue weighted by atomic mass is 35.5. The van der Waals surface area contributed by atoms with Gasteiger partial charge in [-0.2, -0.15) is 0 Å². The van der Waals surface area contributed by atoms with Crippen LogP contribution in [-0.4, -0.2) is 17.7 Å². The van der Waals surface area contributed by atoms with Crippen LogP contribution in [0.25, 0.3) is 0 Å². The summed E-state index contributed by atoms with van der Waals surface area (Å²) in [5.41, 5.74) is 3.67. The molecule has 134 valence electrons. The molecule has 1 atom stereocenters. The largest absolute Gasteiger partial charge is 0.486 e. The van der Waals surface area contributed by atoms with Gasteiger partial charge in [0.15, 0.2) is 0 Å². The second-order valence-electron chi connectivity index (χ2n) is 5.55. The molecular weight excluding hydrogens is 355 g/mol. The zero-order chi connectivity index (χ0) is 19.0. The Kier molecular flexibility index (Phi) is 8.67. The molecule has 0 amide bonds. The second kappa shape index (κ2) is 10.2. The Morgan fingerprint density at radius 1 is 1.28 bits per heavy atom. The van der Waals surface area contributed by atoms with Crippen molar-refractivity contribution in [2.45, 2.75) is 33.8 Å². The number of aromatic nitrogens is 1. The van der Waals surface area contributed by atoms with Crippen molar-refractivity contribution in [2.24, 2.45) is 4.99 Å². The Morgan fingerprint density at radius 3 is 2.32 bits per heavy atom. The molecule has 1 aromatic rings. The van der Waals surface area contributed by atoms with Crippen molar-refractivity contribution in [3.05, 3.63) is 75.8 Å². The van der Waals surface area contributed by atoms with Gasteiger partial charge in [0.1, 0.15) is 11.9 Å². The van der Waals surface area contributed by atoms with Crippen LogP contribution in [0.4, 0.5) is 0 Å². The van der Waals surface area contributed by atoms with E-state index in [1.807, 2.05) is 45.9 Å². The molecule has 0 saturated carbocycles. The summed E-state index contributed by atoms with van der Waals surface area (Å²) < 4.78 is 6.03. The maximum Gasteiger partial charge on any atom is 0.124 e. The number of ether oxygens (including phenoxy) is 1. The molecule has 0 saturated heterocycles. The van der Waals surface area contributed by atoms with Crippen molar-refractivity contribution in [1.82, 2.24) is 4.98 Å². The molecule has 1 rings (SSSR count). The standard InChI is InChI=1S/C20H24Cl2N2O/c1-7-9-19(23-6)16(13(3)4)10-15(8-2)25-14(5)20-17(21)11-24-12-18(20)22/h7-12,14H,2H2,1,3-6H3/b9-7+,15-10+,23-19?. The smallest absolute Gasteiger partial charge is 0.124 e. The van der Waals surface area contributed by atoms with Gasteiger partial charge in [0, 0.05) is 30.6 Å². The third-order valence-electron chi connectivity index (χ3n) is 3.48. The molecule has 0 fully saturated rings. The summed E-state index contributed by atoms with van der Waals surface area (Å²) in [5.74, 6) is 0.610. The number of rotatable bonds is 7. The molecule has 5 heteroatoms. The molecule has 1 heterocycles. The highest BCUT2D eigenvalue weighted by molar-refractivity contribution is 6.35. The highest BCUT2D eigenvalue weighted by Crippen LogP contribution is 2.32. The van der Waals surface area contributed by atoms with E-state index in [1.165, 1.54) is 0 Å². The Bertz CT molecular complexity index is 722. The lowest BCUT2D eigenvalue weighted by Crippen LogP contribution is -2.04. The predicted molar refractivity (Wildman–Crippen MR) is 109 cm³/mol. The van der Waals surface area contributed by atoms with E-state index >= 15 is 0 Å². The molecule has 0 bridgehead atoms. The average Bonchev–Trinajstić information content (AvgIpc) is 2.56. The summed E-state index contributed by atoms with van der Waals surface area (Å²) in [6.45, 7) is 11.7. The van der Waals surface area contributed by atoms with Crippen LogP contribution in [0, 0.1) is 0 Å². The normalized spacial score (nSPS) is 13.7. The fourth-order valence-electron chi connectivity index (χ4n) is 2.27. The van der Waals surface area contributed by atoms with Crippen molar-refractivity contribution in [1.29, 1.82) is 0 Å². The molecule has 0 aliphatic rings. The van der Waals surface area contributed by atoms with E-state index in [9.17, 15) is 0 Å². The number of allylic oxidation sites excluding steroid dienone is 6. The van der Waals surface area contributed by atoms with Crippen LogP contribution in [0.5, 0.6) is 0 Å². The maximum atomic E-state index is 6.21. The van der Waals surface area contributed by atoms with Gasteiger partial charge in [0.2, 0.25) is 0 Å². The summed E-state index contributed by atoms with van der Waals surface area (Å²) in [7, 11) is 1.76. The number of hydrogen-bond donors (Lipinski definition) is 0. The third-order valence-corrected chi connectivity index (χ3v) is 4.08. The first-order valence-corrected chi connectivity index (χ1v) is 8.68. The monoisotopic (exact) mass is 378 g/mol. The molecular formula is C20H24Cl2N2O. The Morgan fingerprint density at radius 2 is 1.88 bits per heavy atom. The molecule has 0 aromatic carbocycles. The Labute approximate surface area is 160 Å². The van der Waals surface area contributed by atoms with Gasteiger partial charge in [-0.15, -0.1) is 0 Å². The minimum atomic E-state index is -0.352. The van der Waals surface area contributed by atoms with E-state index in [4.69, 9.17) is 27.9 Å². The van der Waals surface area contributed by atoms with Gasteiger partial charge < -0.3 is 4.74 Å². The molecule has 1 aromatic heterocycles. The first-order chi connectivity index (χ1) is 11.8. The molecule has 0 N–H and O–H groups in total. The zero-order valence-electron chi connectivity index (χ0n) is 15.3. The second-order valence-corrected chi connectivity index (χ2v) is 6.36. The third kappa shape index (κ3) is 5.87. The van der Waals surface area contributed by atoms with Crippen LogP contribution in [0.2, 0.25) is 10.0 Å². The molecule has 25 heavy (non-hydrogen) atoms. The Hall–Kier alpha value is -1.84. The maximum absolute atomic E-state index is 6.21. The number of nitrogens with zero attached hydrogens (tertiary/aromatic N) is 2. The van der Waals surface area contributed by atoms with E-state index < -0.39 is 0 Å². The number of pyridine rings is 1. The van der Waals surface area contributed by atoms with E-state index in [1.54, 1.807) is 25.5 Å². The van der Waals surface area contributed by atoms with Crippen molar-refractivity contribution in [3.8, 4) is 0 Å². The van der Waals surface area contributed by atoms with Crippen molar-refractivity contribution in [2.75, 3.05) is 7.05 Å². The van der Waals surface area contributed by atoms with Crippen LogP contribution in [0.15, 0.2) is 65.2 Å². The van der Waals surface area contributed by atoms with Crippen LogP contribution >= 0.6 is 23.2 Å². The topological polar surface area (TPSA) is 34.5 Å². The van der Waals surface area contributed by atoms with Crippen LogP contribution in [0.1, 0.15) is 39.4 Å². The number of aliphatic imine (C=N–C) groups is 1. The van der Waals surface area contributed by atoms with Crippen molar-refractivity contribution >= 4 is 28.9 Å². The van der Waals surface area contributed by atoms with Gasteiger partial charge in [-0.25, -0.2) is 0 Å². The van der Waals surface area contributed by atoms with Crippen LogP contribution < -0.4 is 0 Å². The molecule has 3 nitrogen and oxygen atoms in total. The summed E-state index contributed by atoms with van der Waals surface area (Å²) in [5, 5.41) is 0.936. The van der Waals surface area contributed by atoms with Crippen molar-refractivity contribution < 1.29 is 4.74 Å². The summed E-state index contributed by atoms with van der Waals surface area (Å²) in [6.07, 6.45) is 10.2. The van der Waals surface area contributed by atoms with Crippen LogP contribution in [0.3, 0.4) is 0 Å². The fourth-order valence-corrected chi connectivity index (χ4v) is 2.95. The van der Waals surface area contributed by atoms with E-state index in [-0.39, 0.29) is 6.10 Å². The Balaban J connectivity index is 3.22.